The molecule has 0 radical (unpaired) electrons. The van der Waals surface area contributed by atoms with Gasteiger partial charge in [-0.1, -0.05) is 56.2 Å². The zero-order valence-corrected chi connectivity index (χ0v) is 26.1. The first-order valence-electron chi connectivity index (χ1n) is 14.8. The summed E-state index contributed by atoms with van der Waals surface area (Å²) in [5, 5.41) is 51.7. The van der Waals surface area contributed by atoms with Crippen molar-refractivity contribution in [1.82, 2.24) is 10.6 Å². The van der Waals surface area contributed by atoms with Crippen molar-refractivity contribution in [2.45, 2.75) is 107 Å². The highest BCUT2D eigenvalue weighted by Gasteiger charge is 2.25. The van der Waals surface area contributed by atoms with Crippen molar-refractivity contribution < 1.29 is 49.5 Å². The summed E-state index contributed by atoms with van der Waals surface area (Å²) in [6.45, 7) is 1.45. The Morgan fingerprint density at radius 2 is 1.57 bits per heavy atom. The monoisotopic (exact) mass is 643 g/mol. The molecule has 0 spiro atoms. The fourth-order valence-corrected chi connectivity index (χ4v) is 4.95. The second-order valence-corrected chi connectivity index (χ2v) is 11.5. The van der Waals surface area contributed by atoms with E-state index in [9.17, 15) is 34.2 Å². The third-order valence-electron chi connectivity index (χ3n) is 6.30. The first kappa shape index (κ1) is 40.8. The van der Waals surface area contributed by atoms with E-state index in [0.717, 1.165) is 31.0 Å². The number of aliphatic hydroxyl groups is 2. The lowest BCUT2D eigenvalue weighted by Gasteiger charge is -2.23. The number of unbranched alkanes of at least 4 members (excludes halogenated alkanes) is 3. The summed E-state index contributed by atoms with van der Waals surface area (Å²) < 4.78 is 0. The third-order valence-corrected chi connectivity index (χ3v) is 7.68. The molecule has 14 heteroatoms. The standard InChI is InChI=1S/C30H49N3O10S/c1-2-3-4-5-6-8-12-21(34)13-9-7-10-15-25(24(35)14-11-16-27(37)38)44-20-23(29(41)32-19-28(39)40)33-26(36)18-17-22(31)30(42)43/h6-10,15,21-25,34-35H,2-5,11-14,16-20,31H2,1H3,(H,32,41)(H,33,36)(H,37,38)(H,39,40)(H,42,43)/b8-6-,9-7+,15-10+/t21?,22?,23?,24-,25?/m0/s1. The predicted molar refractivity (Wildman–Crippen MR) is 168 cm³/mol. The van der Waals surface area contributed by atoms with Gasteiger partial charge in [-0.25, -0.2) is 0 Å². The van der Waals surface area contributed by atoms with E-state index < -0.39 is 65.8 Å². The topological polar surface area (TPSA) is 237 Å². The molecule has 9 N–H and O–H groups in total. The summed E-state index contributed by atoms with van der Waals surface area (Å²) in [5.41, 5.74) is 5.43. The molecule has 0 heterocycles. The van der Waals surface area contributed by atoms with E-state index in [4.69, 9.17) is 21.1 Å². The Bertz CT molecular complexity index is 973. The van der Waals surface area contributed by atoms with Crippen LogP contribution in [-0.4, -0.2) is 97.1 Å². The molecule has 44 heavy (non-hydrogen) atoms. The van der Waals surface area contributed by atoms with Gasteiger partial charge >= 0.3 is 17.9 Å². The van der Waals surface area contributed by atoms with Crippen LogP contribution in [0.15, 0.2) is 36.5 Å². The van der Waals surface area contributed by atoms with Gasteiger partial charge in [-0.2, -0.15) is 0 Å². The fraction of sp³-hybridized carbons (Fsp3) is 0.633. The second kappa shape index (κ2) is 25.2. The number of thioether (sulfide) groups is 1. The molecule has 0 saturated carbocycles. The zero-order chi connectivity index (χ0) is 33.3. The van der Waals surface area contributed by atoms with Crippen LogP contribution in [-0.2, 0) is 24.0 Å². The van der Waals surface area contributed by atoms with Gasteiger partial charge in [0.25, 0.3) is 0 Å². The van der Waals surface area contributed by atoms with Gasteiger partial charge in [-0.3, -0.25) is 24.0 Å². The highest BCUT2D eigenvalue weighted by atomic mass is 32.2. The number of amides is 2. The van der Waals surface area contributed by atoms with Crippen LogP contribution in [0.1, 0.15) is 77.6 Å². The minimum absolute atomic E-state index is 0.0831. The first-order valence-corrected chi connectivity index (χ1v) is 15.9. The Morgan fingerprint density at radius 3 is 2.20 bits per heavy atom. The van der Waals surface area contributed by atoms with Crippen molar-refractivity contribution in [2.24, 2.45) is 5.73 Å². The average molecular weight is 644 g/mol. The molecule has 0 saturated heterocycles. The van der Waals surface area contributed by atoms with Crippen LogP contribution in [0.4, 0.5) is 0 Å². The molecule has 0 fully saturated rings. The van der Waals surface area contributed by atoms with Gasteiger partial charge < -0.3 is 41.9 Å². The van der Waals surface area contributed by atoms with E-state index in [1.165, 1.54) is 6.42 Å². The lowest BCUT2D eigenvalue weighted by atomic mass is 10.1. The average Bonchev–Trinajstić information content (AvgIpc) is 2.96. The number of aliphatic carboxylic acids is 3. The first-order chi connectivity index (χ1) is 20.9. The second-order valence-electron chi connectivity index (χ2n) is 10.3. The molecule has 0 aromatic rings. The number of nitrogens with two attached hydrogens (primary N) is 1. The summed E-state index contributed by atoms with van der Waals surface area (Å²) in [7, 11) is 0. The van der Waals surface area contributed by atoms with Gasteiger partial charge in [0.05, 0.1) is 12.2 Å². The highest BCUT2D eigenvalue weighted by Crippen LogP contribution is 2.22. The molecule has 5 atom stereocenters. The van der Waals surface area contributed by atoms with Crippen molar-refractivity contribution in [3.8, 4) is 0 Å². The number of carbonyl (C=O) groups excluding carboxylic acids is 2. The minimum Gasteiger partial charge on any atom is -0.481 e. The Kier molecular flexibility index (Phi) is 23.3. The van der Waals surface area contributed by atoms with E-state index >= 15 is 0 Å². The van der Waals surface area contributed by atoms with E-state index in [1.54, 1.807) is 24.3 Å². The Labute approximate surface area is 263 Å². The molecule has 0 aliphatic rings. The number of rotatable bonds is 26. The molecule has 250 valence electrons. The van der Waals surface area contributed by atoms with Crippen LogP contribution in [0.5, 0.6) is 0 Å². The maximum Gasteiger partial charge on any atom is 0.322 e. The molecule has 0 aliphatic heterocycles. The van der Waals surface area contributed by atoms with Crippen LogP contribution in [0.2, 0.25) is 0 Å². The van der Waals surface area contributed by atoms with Gasteiger partial charge in [0.15, 0.2) is 0 Å². The molecule has 0 aromatic heterocycles. The zero-order valence-electron chi connectivity index (χ0n) is 25.3. The van der Waals surface area contributed by atoms with Crippen LogP contribution in [0, 0.1) is 0 Å². The highest BCUT2D eigenvalue weighted by molar-refractivity contribution is 8.00. The quantitative estimate of drug-likeness (QED) is 0.0384. The Balaban J connectivity index is 5.39. The Morgan fingerprint density at radius 1 is 0.864 bits per heavy atom. The van der Waals surface area contributed by atoms with Crippen LogP contribution < -0.4 is 16.4 Å². The minimum atomic E-state index is -1.29. The van der Waals surface area contributed by atoms with Gasteiger partial charge in [0.2, 0.25) is 11.8 Å². The van der Waals surface area contributed by atoms with E-state index in [-0.39, 0.29) is 37.9 Å². The van der Waals surface area contributed by atoms with Crippen molar-refractivity contribution in [3.05, 3.63) is 36.5 Å². The lowest BCUT2D eigenvalue weighted by Crippen LogP contribution is -2.50. The number of carboxylic acid groups (broad SMARTS) is 3. The van der Waals surface area contributed by atoms with Gasteiger partial charge in [-0.05, 0) is 44.9 Å². The van der Waals surface area contributed by atoms with Crippen LogP contribution in [0.3, 0.4) is 0 Å². The van der Waals surface area contributed by atoms with E-state index in [2.05, 4.69) is 23.6 Å². The summed E-state index contributed by atoms with van der Waals surface area (Å²) in [5.74, 6) is -5.11. The molecule has 4 unspecified atom stereocenters. The van der Waals surface area contributed by atoms with E-state index in [0.29, 0.717) is 12.8 Å². The van der Waals surface area contributed by atoms with Gasteiger partial charge in [-0.15, -0.1) is 11.8 Å². The summed E-state index contributed by atoms with van der Waals surface area (Å²) in [4.78, 5) is 57.8. The van der Waals surface area contributed by atoms with Crippen molar-refractivity contribution in [2.75, 3.05) is 12.3 Å². The van der Waals surface area contributed by atoms with Gasteiger partial charge in [0, 0.05) is 23.8 Å². The number of allylic oxidation sites excluding steroid dienone is 3. The number of hydrogen-bond acceptors (Lipinski definition) is 9. The molecule has 0 bridgehead atoms. The largest absolute Gasteiger partial charge is 0.481 e. The number of nitrogens with one attached hydrogen (secondary N) is 2. The predicted octanol–water partition coefficient (Wildman–Crippen LogP) is 1.97. The molecule has 0 rings (SSSR count). The van der Waals surface area contributed by atoms with Crippen molar-refractivity contribution >= 4 is 41.5 Å². The van der Waals surface area contributed by atoms with E-state index in [1.807, 2.05) is 6.08 Å². The summed E-state index contributed by atoms with van der Waals surface area (Å²) >= 11 is 1.10. The molecule has 0 aliphatic carbocycles. The lowest BCUT2D eigenvalue weighted by molar-refractivity contribution is -0.139. The number of hydrogen-bond donors (Lipinski definition) is 8. The van der Waals surface area contributed by atoms with Gasteiger partial charge in [0.1, 0.15) is 18.6 Å². The number of aliphatic hydroxyl groups excluding tert-OH is 2. The molecule has 13 nitrogen and oxygen atoms in total. The number of carbonyl (C=O) groups is 5. The molecule has 0 aromatic carbocycles. The van der Waals surface area contributed by atoms with Crippen molar-refractivity contribution in [3.63, 3.8) is 0 Å². The number of carboxylic acids is 3. The van der Waals surface area contributed by atoms with Crippen LogP contribution in [0.25, 0.3) is 0 Å². The summed E-state index contributed by atoms with van der Waals surface area (Å²) in [6, 6.07) is -2.48. The maximum atomic E-state index is 12.7. The molecular formula is C30H49N3O10S. The van der Waals surface area contributed by atoms with Crippen molar-refractivity contribution in [1.29, 1.82) is 0 Å². The molecular weight excluding hydrogens is 594 g/mol. The normalized spacial score (nSPS) is 15.2. The maximum absolute atomic E-state index is 12.7. The van der Waals surface area contributed by atoms with Crippen LogP contribution >= 0.6 is 11.8 Å². The summed E-state index contributed by atoms with van der Waals surface area (Å²) in [6.07, 6.45) is 14.4. The Hall–Kier alpha value is -3.20. The third kappa shape index (κ3) is 22.4. The smallest absolute Gasteiger partial charge is 0.322 e. The SMILES string of the molecule is CCCCC/C=C\CC(O)C/C=C/C=C/C(SCC(NC(=O)CCC(N)C(=O)O)C(=O)NCC(=O)O)[C@@H](O)CCCC(=O)O. The molecule has 2 amide bonds. The fourth-order valence-electron chi connectivity index (χ4n) is 3.74.